The van der Waals surface area contributed by atoms with Gasteiger partial charge in [-0.1, -0.05) is 30.3 Å². The van der Waals surface area contributed by atoms with Crippen LogP contribution in [0.2, 0.25) is 0 Å². The number of esters is 1. The van der Waals surface area contributed by atoms with Gasteiger partial charge >= 0.3 is 12.1 Å². The maximum Gasteiger partial charge on any atom is 0.508 e. The summed E-state index contributed by atoms with van der Waals surface area (Å²) in [6.07, 6.45) is -2.08. The number of hydrogen-bond acceptors (Lipinski definition) is 10. The number of β-lactam (4-membered cyclic amide) rings is 1. The number of benzene rings is 2. The predicted molar refractivity (Wildman–Crippen MR) is 136 cm³/mol. The standard InChI is InChI=1S/C26H26N2O10S/c1-3-35-20-15-39(34)24-21(16(2)38-26(31)37-14-18-9-11-19(12-10-18)28(32)33)23(29)27(24)22(20)25(30)36-13-17-7-5-4-6-8-17/h4-12,16,21,24H,3,13-15H2,1-2H3/t16?,21-,24+,39?/m0/s1. The predicted octanol–water partition coefficient (Wildman–Crippen LogP) is 3.17. The second-order valence-corrected chi connectivity index (χ2v) is 10.2. The van der Waals surface area contributed by atoms with Crippen molar-refractivity contribution in [3.63, 3.8) is 0 Å². The van der Waals surface area contributed by atoms with E-state index in [0.29, 0.717) is 5.56 Å². The van der Waals surface area contributed by atoms with Gasteiger partial charge in [-0.25, -0.2) is 9.59 Å². The van der Waals surface area contributed by atoms with E-state index >= 15 is 0 Å². The Labute approximate surface area is 226 Å². The third-order valence-corrected chi connectivity index (χ3v) is 7.74. The molecule has 2 aliphatic rings. The van der Waals surface area contributed by atoms with E-state index in [4.69, 9.17) is 18.9 Å². The molecule has 4 rings (SSSR count). The summed E-state index contributed by atoms with van der Waals surface area (Å²) in [6, 6.07) is 14.4. The van der Waals surface area contributed by atoms with Crippen molar-refractivity contribution in [1.29, 1.82) is 0 Å². The van der Waals surface area contributed by atoms with Crippen molar-refractivity contribution < 1.29 is 42.5 Å². The first kappa shape index (κ1) is 27.8. The zero-order valence-electron chi connectivity index (χ0n) is 21.1. The number of amides is 1. The second kappa shape index (κ2) is 12.1. The molecule has 1 amide bonds. The number of nitro benzene ring substituents is 1. The van der Waals surface area contributed by atoms with Gasteiger partial charge in [-0.05, 0) is 37.1 Å². The summed E-state index contributed by atoms with van der Waals surface area (Å²) < 4.78 is 34.3. The fourth-order valence-corrected chi connectivity index (χ4v) is 6.02. The molecule has 2 aliphatic heterocycles. The Morgan fingerprint density at radius 3 is 2.36 bits per heavy atom. The lowest BCUT2D eigenvalue weighted by atomic mass is 9.91. The summed E-state index contributed by atoms with van der Waals surface area (Å²) in [6.45, 7) is 3.13. The molecule has 0 saturated carbocycles. The minimum absolute atomic E-state index is 0.0259. The minimum Gasteiger partial charge on any atom is -0.495 e. The summed E-state index contributed by atoms with van der Waals surface area (Å²) in [7, 11) is -1.64. The third-order valence-electron chi connectivity index (χ3n) is 6.15. The largest absolute Gasteiger partial charge is 0.508 e. The third kappa shape index (κ3) is 6.08. The number of hydrogen-bond donors (Lipinski definition) is 0. The van der Waals surface area contributed by atoms with Crippen LogP contribution in [-0.4, -0.2) is 55.9 Å². The molecule has 0 aliphatic carbocycles. The van der Waals surface area contributed by atoms with Gasteiger partial charge in [0.1, 0.15) is 36.4 Å². The van der Waals surface area contributed by atoms with Crippen LogP contribution in [0, 0.1) is 16.0 Å². The van der Waals surface area contributed by atoms with Crippen LogP contribution < -0.4 is 0 Å². The van der Waals surface area contributed by atoms with Crippen LogP contribution in [0.5, 0.6) is 0 Å². The summed E-state index contributed by atoms with van der Waals surface area (Å²) in [5, 5.41) is 9.84. The van der Waals surface area contributed by atoms with E-state index < -0.39 is 51.2 Å². The number of rotatable bonds is 10. The summed E-state index contributed by atoms with van der Waals surface area (Å²) in [5.74, 6) is -2.32. The van der Waals surface area contributed by atoms with Gasteiger partial charge in [-0.3, -0.25) is 24.0 Å². The van der Waals surface area contributed by atoms with Crippen LogP contribution in [0.3, 0.4) is 0 Å². The molecule has 2 heterocycles. The van der Waals surface area contributed by atoms with Crippen molar-refractivity contribution in [1.82, 2.24) is 4.90 Å². The van der Waals surface area contributed by atoms with E-state index in [2.05, 4.69) is 0 Å². The quantitative estimate of drug-likeness (QED) is 0.184. The smallest absolute Gasteiger partial charge is 0.495 e. The normalized spacial score (nSPS) is 20.8. The number of ether oxygens (including phenoxy) is 4. The monoisotopic (exact) mass is 558 g/mol. The second-order valence-electron chi connectivity index (χ2n) is 8.70. The van der Waals surface area contributed by atoms with Crippen LogP contribution in [0.1, 0.15) is 25.0 Å². The molecule has 2 aromatic carbocycles. The van der Waals surface area contributed by atoms with E-state index in [1.807, 2.05) is 6.07 Å². The molecule has 2 unspecified atom stereocenters. The first-order valence-electron chi connectivity index (χ1n) is 12.0. The molecule has 2 aromatic rings. The van der Waals surface area contributed by atoms with Gasteiger partial charge in [0.15, 0.2) is 5.70 Å². The van der Waals surface area contributed by atoms with E-state index in [1.165, 1.54) is 31.2 Å². The average Bonchev–Trinajstić information content (AvgIpc) is 2.92. The Morgan fingerprint density at radius 2 is 1.72 bits per heavy atom. The first-order chi connectivity index (χ1) is 18.7. The Morgan fingerprint density at radius 1 is 1.08 bits per heavy atom. The molecule has 206 valence electrons. The average molecular weight is 559 g/mol. The van der Waals surface area contributed by atoms with Gasteiger partial charge < -0.3 is 18.9 Å². The molecule has 0 aromatic heterocycles. The highest BCUT2D eigenvalue weighted by atomic mass is 32.2. The van der Waals surface area contributed by atoms with Crippen LogP contribution in [0.15, 0.2) is 66.1 Å². The van der Waals surface area contributed by atoms with Crippen molar-refractivity contribution >= 4 is 34.5 Å². The van der Waals surface area contributed by atoms with Crippen LogP contribution in [0.4, 0.5) is 10.5 Å². The van der Waals surface area contributed by atoms with Crippen LogP contribution >= 0.6 is 0 Å². The Hall–Kier alpha value is -4.26. The lowest BCUT2D eigenvalue weighted by Crippen LogP contribution is -2.68. The molecule has 0 bridgehead atoms. The number of nitrogens with zero attached hydrogens (tertiary/aromatic N) is 2. The first-order valence-corrected chi connectivity index (χ1v) is 13.4. The summed E-state index contributed by atoms with van der Waals surface area (Å²) in [5.41, 5.74) is 1.04. The molecular weight excluding hydrogens is 532 g/mol. The van der Waals surface area contributed by atoms with Gasteiger partial charge in [-0.15, -0.1) is 0 Å². The van der Waals surface area contributed by atoms with E-state index in [9.17, 15) is 28.7 Å². The Balaban J connectivity index is 1.40. The maximum absolute atomic E-state index is 13.2. The van der Waals surface area contributed by atoms with Crippen molar-refractivity contribution in [3.05, 3.63) is 87.3 Å². The molecule has 4 atom stereocenters. The molecular formula is C26H26N2O10S. The van der Waals surface area contributed by atoms with E-state index in [-0.39, 0.29) is 42.7 Å². The summed E-state index contributed by atoms with van der Waals surface area (Å²) >= 11 is 0. The SMILES string of the molecule is CCOC1=C(C(=O)OCc2ccccc2)N2C(=O)[C@H](C(C)OC(=O)OCc3ccc([N+](=O)[O-])cc3)[C@H]2S(=O)C1. The molecule has 13 heteroatoms. The maximum atomic E-state index is 13.2. The molecule has 1 fully saturated rings. The van der Waals surface area contributed by atoms with E-state index in [0.717, 1.165) is 10.5 Å². The van der Waals surface area contributed by atoms with Gasteiger partial charge in [0.05, 0.1) is 28.1 Å². The zero-order chi connectivity index (χ0) is 28.1. The molecule has 39 heavy (non-hydrogen) atoms. The molecule has 0 radical (unpaired) electrons. The number of carbonyl (C=O) groups excluding carboxylic acids is 3. The zero-order valence-corrected chi connectivity index (χ0v) is 22.0. The number of nitro groups is 1. The minimum atomic E-state index is -1.64. The lowest BCUT2D eigenvalue weighted by molar-refractivity contribution is -0.384. The summed E-state index contributed by atoms with van der Waals surface area (Å²) in [4.78, 5) is 49.8. The molecule has 0 spiro atoms. The van der Waals surface area contributed by atoms with Crippen LogP contribution in [0.25, 0.3) is 0 Å². The fourth-order valence-electron chi connectivity index (χ4n) is 4.26. The van der Waals surface area contributed by atoms with Gasteiger partial charge in [0.25, 0.3) is 5.69 Å². The highest BCUT2D eigenvalue weighted by Crippen LogP contribution is 2.41. The van der Waals surface area contributed by atoms with Crippen molar-refractivity contribution in [3.8, 4) is 0 Å². The lowest BCUT2D eigenvalue weighted by Gasteiger charge is -2.50. The van der Waals surface area contributed by atoms with Gasteiger partial charge in [0.2, 0.25) is 5.91 Å². The van der Waals surface area contributed by atoms with E-state index in [1.54, 1.807) is 31.2 Å². The highest BCUT2D eigenvalue weighted by molar-refractivity contribution is 7.86. The van der Waals surface area contributed by atoms with Crippen LogP contribution in [-0.2, 0) is 52.5 Å². The van der Waals surface area contributed by atoms with Crippen molar-refractivity contribution in [2.45, 2.75) is 38.5 Å². The van der Waals surface area contributed by atoms with Crippen molar-refractivity contribution in [2.24, 2.45) is 5.92 Å². The van der Waals surface area contributed by atoms with Crippen molar-refractivity contribution in [2.75, 3.05) is 12.4 Å². The number of non-ortho nitro benzene ring substituents is 1. The molecule has 1 saturated heterocycles. The van der Waals surface area contributed by atoms with Gasteiger partial charge in [-0.2, -0.15) is 0 Å². The molecule has 0 N–H and O–H groups in total. The Bertz CT molecular complexity index is 1310. The highest BCUT2D eigenvalue weighted by Gasteiger charge is 2.60. The topological polar surface area (TPSA) is 152 Å². The number of fused-ring (bicyclic) bond motifs is 1. The Kier molecular flexibility index (Phi) is 8.59. The number of carbonyl (C=O) groups is 3. The van der Waals surface area contributed by atoms with Gasteiger partial charge in [0, 0.05) is 12.1 Å². The molecule has 12 nitrogen and oxygen atoms in total. The fraction of sp³-hybridized carbons (Fsp3) is 0.346.